The highest BCUT2D eigenvalue weighted by molar-refractivity contribution is 6.30. The first kappa shape index (κ1) is 22.0. The van der Waals surface area contributed by atoms with E-state index in [4.69, 9.17) is 25.8 Å². The van der Waals surface area contributed by atoms with Gasteiger partial charge in [0.05, 0.1) is 24.0 Å². The average Bonchev–Trinajstić information content (AvgIpc) is 2.77. The van der Waals surface area contributed by atoms with E-state index in [1.165, 1.54) is 12.0 Å². The van der Waals surface area contributed by atoms with E-state index < -0.39 is 5.60 Å². The number of methoxy groups -OCH3 is 1. The van der Waals surface area contributed by atoms with Gasteiger partial charge in [-0.15, -0.1) is 0 Å². The highest BCUT2D eigenvalue weighted by Crippen LogP contribution is 2.36. The molecule has 1 amide bonds. The molecule has 0 radical (unpaired) electrons. The van der Waals surface area contributed by atoms with Crippen molar-refractivity contribution in [2.24, 2.45) is 0 Å². The van der Waals surface area contributed by atoms with Crippen LogP contribution in [-0.2, 0) is 0 Å². The third-order valence-electron chi connectivity index (χ3n) is 5.02. The van der Waals surface area contributed by atoms with Gasteiger partial charge in [-0.05, 0) is 61.4 Å². The van der Waals surface area contributed by atoms with Gasteiger partial charge in [0.1, 0.15) is 12.4 Å². The predicted molar refractivity (Wildman–Crippen MR) is 124 cm³/mol. The summed E-state index contributed by atoms with van der Waals surface area (Å²) in [7, 11) is 1.53. The van der Waals surface area contributed by atoms with Gasteiger partial charge in [-0.3, -0.25) is 9.69 Å². The lowest BCUT2D eigenvalue weighted by atomic mass is 10.0. The van der Waals surface area contributed by atoms with Gasteiger partial charge in [0.25, 0.3) is 5.91 Å². The summed E-state index contributed by atoms with van der Waals surface area (Å²) in [5.74, 6) is 1.32. The quantitative estimate of drug-likeness (QED) is 0.558. The monoisotopic (exact) mass is 453 g/mol. The summed E-state index contributed by atoms with van der Waals surface area (Å²) >= 11 is 5.97. The minimum absolute atomic E-state index is 0.0724. The summed E-state index contributed by atoms with van der Waals surface area (Å²) in [4.78, 5) is 14.7. The normalized spacial score (nSPS) is 13.4. The Morgan fingerprint density at radius 3 is 2.44 bits per heavy atom. The Morgan fingerprint density at radius 1 is 1.03 bits per heavy atom. The standard InChI is InChI=1S/C25H24ClNO5/c1-25(2,29)14-31-21-11-9-19(13-23(21)30-3)27-15-32-22-12-17(6-10-20(22)24(27)28)16-4-7-18(26)8-5-16/h4-13,29H,14-15H2,1-3H3. The Kier molecular flexibility index (Phi) is 6.00. The molecular formula is C25H24ClNO5. The topological polar surface area (TPSA) is 68.2 Å². The van der Waals surface area contributed by atoms with Gasteiger partial charge in [0, 0.05) is 11.1 Å². The summed E-state index contributed by atoms with van der Waals surface area (Å²) < 4.78 is 17.0. The van der Waals surface area contributed by atoms with E-state index in [9.17, 15) is 9.90 Å². The van der Waals surface area contributed by atoms with Gasteiger partial charge < -0.3 is 19.3 Å². The summed E-state index contributed by atoms with van der Waals surface area (Å²) in [5, 5.41) is 10.6. The molecule has 0 unspecified atom stereocenters. The lowest BCUT2D eigenvalue weighted by molar-refractivity contribution is 0.0276. The van der Waals surface area contributed by atoms with Crippen molar-refractivity contribution < 1.29 is 24.1 Å². The van der Waals surface area contributed by atoms with E-state index in [0.29, 0.717) is 33.5 Å². The largest absolute Gasteiger partial charge is 0.493 e. The molecule has 1 aliphatic heterocycles. The number of halogens is 1. The van der Waals surface area contributed by atoms with Crippen LogP contribution in [0.25, 0.3) is 11.1 Å². The summed E-state index contributed by atoms with van der Waals surface area (Å²) in [6.45, 7) is 3.50. The van der Waals surface area contributed by atoms with Crippen LogP contribution in [0.1, 0.15) is 24.2 Å². The van der Waals surface area contributed by atoms with Crippen LogP contribution in [0.4, 0.5) is 5.69 Å². The van der Waals surface area contributed by atoms with Crippen molar-refractivity contribution in [3.05, 3.63) is 71.2 Å². The van der Waals surface area contributed by atoms with Gasteiger partial charge in [-0.2, -0.15) is 0 Å². The summed E-state index contributed by atoms with van der Waals surface area (Å²) in [6, 6.07) is 18.2. The first-order valence-corrected chi connectivity index (χ1v) is 10.5. The molecule has 3 aromatic rings. The zero-order valence-electron chi connectivity index (χ0n) is 18.1. The number of carbonyl (C=O) groups excluding carboxylic acids is 1. The molecular weight excluding hydrogens is 430 g/mol. The minimum Gasteiger partial charge on any atom is -0.493 e. The van der Waals surface area contributed by atoms with Gasteiger partial charge >= 0.3 is 0 Å². The molecule has 4 rings (SSSR count). The highest BCUT2D eigenvalue weighted by atomic mass is 35.5. The minimum atomic E-state index is -0.977. The predicted octanol–water partition coefficient (Wildman–Crippen LogP) is 5.16. The highest BCUT2D eigenvalue weighted by Gasteiger charge is 2.28. The van der Waals surface area contributed by atoms with Crippen LogP contribution in [0.3, 0.4) is 0 Å². The Morgan fingerprint density at radius 2 is 1.75 bits per heavy atom. The Labute approximate surface area is 191 Å². The molecule has 6 nitrogen and oxygen atoms in total. The number of fused-ring (bicyclic) bond motifs is 1. The van der Waals surface area contributed by atoms with Crippen molar-refractivity contribution in [3.8, 4) is 28.4 Å². The zero-order chi connectivity index (χ0) is 22.9. The Hall–Kier alpha value is -3.22. The van der Waals surface area contributed by atoms with Crippen molar-refractivity contribution in [1.29, 1.82) is 0 Å². The second-order valence-corrected chi connectivity index (χ2v) is 8.60. The fraction of sp³-hybridized carbons (Fsp3) is 0.240. The fourth-order valence-corrected chi connectivity index (χ4v) is 3.49. The third-order valence-corrected chi connectivity index (χ3v) is 5.28. The number of hydrogen-bond donors (Lipinski definition) is 1. The van der Waals surface area contributed by atoms with Crippen LogP contribution in [0.5, 0.6) is 17.2 Å². The molecule has 32 heavy (non-hydrogen) atoms. The molecule has 1 N–H and O–H groups in total. The number of nitrogens with zero attached hydrogens (tertiary/aromatic N) is 1. The lowest BCUT2D eigenvalue weighted by Gasteiger charge is -2.29. The summed E-state index contributed by atoms with van der Waals surface area (Å²) in [6.07, 6.45) is 0. The van der Waals surface area contributed by atoms with Crippen molar-refractivity contribution in [2.45, 2.75) is 19.4 Å². The van der Waals surface area contributed by atoms with Gasteiger partial charge in [0.15, 0.2) is 18.2 Å². The SMILES string of the molecule is COc1cc(N2COc3cc(-c4ccc(Cl)cc4)ccc3C2=O)ccc1OCC(C)(C)O. The number of anilines is 1. The molecule has 3 aromatic carbocycles. The van der Waals surface area contributed by atoms with Crippen LogP contribution >= 0.6 is 11.6 Å². The number of rotatable bonds is 6. The van der Waals surface area contributed by atoms with Crippen LogP contribution in [0, 0.1) is 0 Å². The second kappa shape index (κ2) is 8.73. The van der Waals surface area contributed by atoms with Gasteiger partial charge in [0.2, 0.25) is 0 Å². The number of hydrogen-bond acceptors (Lipinski definition) is 5. The molecule has 1 aliphatic rings. The molecule has 1 heterocycles. The molecule has 0 aliphatic carbocycles. The molecule has 0 fully saturated rings. The molecule has 0 bridgehead atoms. The molecule has 0 atom stereocenters. The first-order chi connectivity index (χ1) is 15.2. The molecule has 0 aromatic heterocycles. The zero-order valence-corrected chi connectivity index (χ0v) is 18.8. The fourth-order valence-electron chi connectivity index (χ4n) is 3.37. The molecule has 0 saturated heterocycles. The molecule has 166 valence electrons. The smallest absolute Gasteiger partial charge is 0.264 e. The Bertz CT molecular complexity index is 1140. The molecule has 0 spiro atoms. The lowest BCUT2D eigenvalue weighted by Crippen LogP contribution is -2.38. The van der Waals surface area contributed by atoms with Crippen molar-refractivity contribution >= 4 is 23.2 Å². The van der Waals surface area contributed by atoms with E-state index in [1.54, 1.807) is 38.1 Å². The number of aliphatic hydroxyl groups is 1. The number of amides is 1. The first-order valence-electron chi connectivity index (χ1n) is 10.1. The maximum absolute atomic E-state index is 13.2. The van der Waals surface area contributed by atoms with E-state index in [1.807, 2.05) is 36.4 Å². The van der Waals surface area contributed by atoms with Crippen molar-refractivity contribution in [1.82, 2.24) is 0 Å². The van der Waals surface area contributed by atoms with Crippen LogP contribution in [0.2, 0.25) is 5.02 Å². The third kappa shape index (κ3) is 4.66. The summed E-state index contributed by atoms with van der Waals surface area (Å²) in [5.41, 5.74) is 2.05. The van der Waals surface area contributed by atoms with Crippen LogP contribution in [-0.4, -0.2) is 37.1 Å². The molecule has 7 heteroatoms. The molecule has 0 saturated carbocycles. The van der Waals surface area contributed by atoms with E-state index in [0.717, 1.165) is 11.1 Å². The second-order valence-electron chi connectivity index (χ2n) is 8.16. The average molecular weight is 454 g/mol. The van der Waals surface area contributed by atoms with E-state index in [-0.39, 0.29) is 19.2 Å². The maximum atomic E-state index is 13.2. The number of ether oxygens (including phenoxy) is 3. The van der Waals surface area contributed by atoms with E-state index >= 15 is 0 Å². The van der Waals surface area contributed by atoms with Crippen LogP contribution in [0.15, 0.2) is 60.7 Å². The van der Waals surface area contributed by atoms with Crippen molar-refractivity contribution in [2.75, 3.05) is 25.3 Å². The van der Waals surface area contributed by atoms with Gasteiger partial charge in [-0.1, -0.05) is 29.8 Å². The number of benzene rings is 3. The van der Waals surface area contributed by atoms with Gasteiger partial charge in [-0.25, -0.2) is 0 Å². The van der Waals surface area contributed by atoms with Crippen LogP contribution < -0.4 is 19.1 Å². The Balaban J connectivity index is 1.57. The van der Waals surface area contributed by atoms with E-state index in [2.05, 4.69) is 0 Å². The van der Waals surface area contributed by atoms with Crippen molar-refractivity contribution in [3.63, 3.8) is 0 Å². The maximum Gasteiger partial charge on any atom is 0.264 e. The number of carbonyl (C=O) groups is 1.